The molecule has 0 atom stereocenters. The van der Waals surface area contributed by atoms with Crippen LogP contribution in [0.3, 0.4) is 0 Å². The van der Waals surface area contributed by atoms with Crippen LogP contribution >= 0.6 is 0 Å². The van der Waals surface area contributed by atoms with E-state index >= 15 is 0 Å². The van der Waals surface area contributed by atoms with Crippen LogP contribution in [0.15, 0.2) is 24.3 Å². The number of likely N-dealkylation sites (tertiary alicyclic amines) is 1. The molecule has 0 aromatic heterocycles. The van der Waals surface area contributed by atoms with Gasteiger partial charge in [0, 0.05) is 45.0 Å². The molecular weight excluding hydrogens is 304 g/mol. The zero-order chi connectivity index (χ0) is 16.9. The van der Waals surface area contributed by atoms with E-state index in [1.54, 1.807) is 0 Å². The minimum Gasteiger partial charge on any atom is -0.342 e. The van der Waals surface area contributed by atoms with Gasteiger partial charge in [0.05, 0.1) is 6.54 Å². The molecule has 130 valence electrons. The normalized spacial score (nSPS) is 18.7. The SMILES string of the molecule is Cc1ccc(NC(=O)N2CCN(CC(=O)N3CCCC3)CC2)cc1. The maximum atomic E-state index is 12.3. The summed E-state index contributed by atoms with van der Waals surface area (Å²) >= 11 is 0. The molecule has 2 fully saturated rings. The van der Waals surface area contributed by atoms with Crippen LogP contribution in [0.4, 0.5) is 10.5 Å². The molecule has 0 aliphatic carbocycles. The van der Waals surface area contributed by atoms with Gasteiger partial charge >= 0.3 is 6.03 Å². The summed E-state index contributed by atoms with van der Waals surface area (Å²) in [5.74, 6) is 0.227. The van der Waals surface area contributed by atoms with Gasteiger partial charge in [0.15, 0.2) is 0 Å². The second-order valence-corrected chi connectivity index (χ2v) is 6.65. The third-order valence-electron chi connectivity index (χ3n) is 4.78. The summed E-state index contributed by atoms with van der Waals surface area (Å²) in [6.07, 6.45) is 2.25. The molecule has 0 saturated carbocycles. The fourth-order valence-corrected chi connectivity index (χ4v) is 3.21. The highest BCUT2D eigenvalue weighted by molar-refractivity contribution is 5.89. The Morgan fingerprint density at radius 3 is 2.17 bits per heavy atom. The number of hydrogen-bond donors (Lipinski definition) is 1. The summed E-state index contributed by atoms with van der Waals surface area (Å²) in [4.78, 5) is 30.4. The van der Waals surface area contributed by atoms with Gasteiger partial charge in [-0.2, -0.15) is 0 Å². The van der Waals surface area contributed by atoms with Crippen molar-refractivity contribution in [3.05, 3.63) is 29.8 Å². The molecule has 0 unspecified atom stereocenters. The van der Waals surface area contributed by atoms with Crippen LogP contribution in [0.1, 0.15) is 18.4 Å². The number of carbonyl (C=O) groups excluding carboxylic acids is 2. The Balaban J connectivity index is 1.43. The van der Waals surface area contributed by atoms with Crippen LogP contribution in [0, 0.1) is 6.92 Å². The van der Waals surface area contributed by atoms with Gasteiger partial charge in [-0.1, -0.05) is 17.7 Å². The van der Waals surface area contributed by atoms with E-state index < -0.39 is 0 Å². The van der Waals surface area contributed by atoms with Gasteiger partial charge in [-0.3, -0.25) is 9.69 Å². The van der Waals surface area contributed by atoms with Crippen molar-refractivity contribution >= 4 is 17.6 Å². The van der Waals surface area contributed by atoms with Crippen molar-refractivity contribution < 1.29 is 9.59 Å². The number of aryl methyl sites for hydroxylation is 1. The highest BCUT2D eigenvalue weighted by Crippen LogP contribution is 2.12. The molecule has 24 heavy (non-hydrogen) atoms. The van der Waals surface area contributed by atoms with Crippen LogP contribution in [0.2, 0.25) is 0 Å². The van der Waals surface area contributed by atoms with Gasteiger partial charge in [0.2, 0.25) is 5.91 Å². The molecule has 1 aromatic carbocycles. The van der Waals surface area contributed by atoms with Crippen molar-refractivity contribution in [2.75, 3.05) is 51.1 Å². The molecule has 2 aliphatic heterocycles. The fourth-order valence-electron chi connectivity index (χ4n) is 3.21. The Morgan fingerprint density at radius 1 is 0.917 bits per heavy atom. The summed E-state index contributed by atoms with van der Waals surface area (Å²) in [5, 5.41) is 2.93. The number of anilines is 1. The first-order valence-electron chi connectivity index (χ1n) is 8.74. The summed E-state index contributed by atoms with van der Waals surface area (Å²) < 4.78 is 0. The molecular formula is C18H26N4O2. The second-order valence-electron chi connectivity index (χ2n) is 6.65. The molecule has 6 heteroatoms. The van der Waals surface area contributed by atoms with Gasteiger partial charge in [0.1, 0.15) is 0 Å². The molecule has 1 N–H and O–H groups in total. The number of hydrogen-bond acceptors (Lipinski definition) is 3. The minimum absolute atomic E-state index is 0.0654. The van der Waals surface area contributed by atoms with E-state index in [0.29, 0.717) is 19.6 Å². The van der Waals surface area contributed by atoms with Crippen molar-refractivity contribution in [2.45, 2.75) is 19.8 Å². The number of piperazine rings is 1. The average molecular weight is 330 g/mol. The maximum absolute atomic E-state index is 12.3. The van der Waals surface area contributed by atoms with Crippen molar-refractivity contribution in [1.82, 2.24) is 14.7 Å². The molecule has 2 heterocycles. The summed E-state index contributed by atoms with van der Waals surface area (Å²) in [6.45, 7) is 7.12. The standard InChI is InChI=1S/C18H26N4O2/c1-15-4-6-16(7-5-15)19-18(24)22-12-10-20(11-13-22)14-17(23)21-8-2-3-9-21/h4-7H,2-3,8-14H2,1H3,(H,19,24). The highest BCUT2D eigenvalue weighted by atomic mass is 16.2. The zero-order valence-corrected chi connectivity index (χ0v) is 14.3. The van der Waals surface area contributed by atoms with E-state index in [4.69, 9.17) is 0 Å². The largest absolute Gasteiger partial charge is 0.342 e. The number of urea groups is 1. The minimum atomic E-state index is -0.0654. The van der Waals surface area contributed by atoms with E-state index in [1.807, 2.05) is 41.0 Å². The van der Waals surface area contributed by atoms with Crippen molar-refractivity contribution in [2.24, 2.45) is 0 Å². The molecule has 0 radical (unpaired) electrons. The Bertz CT molecular complexity index is 573. The lowest BCUT2D eigenvalue weighted by Gasteiger charge is -2.35. The first-order chi connectivity index (χ1) is 11.6. The van der Waals surface area contributed by atoms with Gasteiger partial charge in [0.25, 0.3) is 0 Å². The van der Waals surface area contributed by atoms with Crippen LogP contribution in [-0.2, 0) is 4.79 Å². The first-order valence-corrected chi connectivity index (χ1v) is 8.74. The third kappa shape index (κ3) is 4.26. The topological polar surface area (TPSA) is 55.9 Å². The number of carbonyl (C=O) groups is 2. The lowest BCUT2D eigenvalue weighted by Crippen LogP contribution is -2.52. The summed E-state index contributed by atoms with van der Waals surface area (Å²) in [6, 6.07) is 7.73. The van der Waals surface area contributed by atoms with Crippen molar-refractivity contribution in [3.63, 3.8) is 0 Å². The van der Waals surface area contributed by atoms with Gasteiger partial charge in [-0.25, -0.2) is 4.79 Å². The lowest BCUT2D eigenvalue weighted by atomic mass is 10.2. The molecule has 2 saturated heterocycles. The zero-order valence-electron chi connectivity index (χ0n) is 14.3. The van der Waals surface area contributed by atoms with Crippen LogP contribution < -0.4 is 5.32 Å². The third-order valence-corrected chi connectivity index (χ3v) is 4.78. The van der Waals surface area contributed by atoms with Crippen molar-refractivity contribution in [3.8, 4) is 0 Å². The Morgan fingerprint density at radius 2 is 1.54 bits per heavy atom. The van der Waals surface area contributed by atoms with Crippen LogP contribution in [0.25, 0.3) is 0 Å². The van der Waals surface area contributed by atoms with E-state index in [1.165, 1.54) is 5.56 Å². The molecule has 1 aromatic rings. The monoisotopic (exact) mass is 330 g/mol. The summed E-state index contributed by atoms with van der Waals surface area (Å²) in [5.41, 5.74) is 1.99. The lowest BCUT2D eigenvalue weighted by molar-refractivity contribution is -0.131. The van der Waals surface area contributed by atoms with E-state index in [2.05, 4.69) is 10.2 Å². The molecule has 3 rings (SSSR count). The van der Waals surface area contributed by atoms with Gasteiger partial charge < -0.3 is 15.1 Å². The molecule has 0 bridgehead atoms. The van der Waals surface area contributed by atoms with Crippen molar-refractivity contribution in [1.29, 1.82) is 0 Å². The Labute approximate surface area is 143 Å². The quantitative estimate of drug-likeness (QED) is 0.919. The van der Waals surface area contributed by atoms with E-state index in [-0.39, 0.29) is 11.9 Å². The molecule has 3 amide bonds. The predicted octanol–water partition coefficient (Wildman–Crippen LogP) is 1.77. The Hall–Kier alpha value is -2.08. The van der Waals surface area contributed by atoms with E-state index in [9.17, 15) is 9.59 Å². The van der Waals surface area contributed by atoms with E-state index in [0.717, 1.165) is 44.7 Å². The molecule has 0 spiro atoms. The van der Waals surface area contributed by atoms with Gasteiger partial charge in [-0.15, -0.1) is 0 Å². The number of amides is 3. The number of nitrogens with one attached hydrogen (secondary N) is 1. The number of rotatable bonds is 3. The number of nitrogens with zero attached hydrogens (tertiary/aromatic N) is 3. The smallest absolute Gasteiger partial charge is 0.321 e. The van der Waals surface area contributed by atoms with Crippen LogP contribution in [-0.4, -0.2) is 72.5 Å². The molecule has 2 aliphatic rings. The van der Waals surface area contributed by atoms with Crippen LogP contribution in [0.5, 0.6) is 0 Å². The molecule has 6 nitrogen and oxygen atoms in total. The number of benzene rings is 1. The average Bonchev–Trinajstić information content (AvgIpc) is 3.12. The van der Waals surface area contributed by atoms with Gasteiger partial charge in [-0.05, 0) is 31.9 Å². The maximum Gasteiger partial charge on any atom is 0.321 e. The summed E-state index contributed by atoms with van der Waals surface area (Å²) in [7, 11) is 0. The fraction of sp³-hybridized carbons (Fsp3) is 0.556. The second kappa shape index (κ2) is 7.66. The predicted molar refractivity (Wildman–Crippen MR) is 94.0 cm³/mol. The Kier molecular flexibility index (Phi) is 5.35. The first kappa shape index (κ1) is 16.8. The highest BCUT2D eigenvalue weighted by Gasteiger charge is 2.25.